The Morgan fingerprint density at radius 2 is 1.96 bits per heavy atom. The van der Waals surface area contributed by atoms with Crippen molar-refractivity contribution in [1.82, 2.24) is 5.32 Å². The molecule has 2 amide bonds. The molecular weight excluding hydrogens is 352 g/mol. The Balaban J connectivity index is 1.63. The molecule has 0 radical (unpaired) electrons. The molecule has 2 atom stereocenters. The lowest BCUT2D eigenvalue weighted by Crippen LogP contribution is -2.50. The van der Waals surface area contributed by atoms with Gasteiger partial charge in [0.25, 0.3) is 5.91 Å². The highest BCUT2D eigenvalue weighted by Crippen LogP contribution is 2.35. The summed E-state index contributed by atoms with van der Waals surface area (Å²) in [6, 6.07) is 16.0. The predicted molar refractivity (Wildman–Crippen MR) is 111 cm³/mol. The largest absolute Gasteiger partial charge is 0.478 e. The average Bonchev–Trinajstić information content (AvgIpc) is 2.69. The van der Waals surface area contributed by atoms with E-state index in [-0.39, 0.29) is 24.4 Å². The molecule has 5 nitrogen and oxygen atoms in total. The normalized spacial score (nSPS) is 16.9. The molecule has 1 aliphatic rings. The Hall–Kier alpha value is -2.82. The summed E-state index contributed by atoms with van der Waals surface area (Å²) in [5.41, 5.74) is 2.94. The highest BCUT2D eigenvalue weighted by Gasteiger charge is 2.34. The molecule has 2 unspecified atom stereocenters. The maximum absolute atomic E-state index is 12.8. The number of benzene rings is 2. The second-order valence-corrected chi connectivity index (χ2v) is 7.40. The molecular formula is C23H28N2O3. The number of hydrogen-bond acceptors (Lipinski definition) is 3. The van der Waals surface area contributed by atoms with Crippen LogP contribution in [0.3, 0.4) is 0 Å². The number of nitrogens with one attached hydrogen (secondary N) is 1. The molecule has 1 heterocycles. The van der Waals surface area contributed by atoms with Crippen LogP contribution >= 0.6 is 0 Å². The van der Waals surface area contributed by atoms with Crippen LogP contribution in [0.5, 0.6) is 5.75 Å². The summed E-state index contributed by atoms with van der Waals surface area (Å²) in [6.07, 6.45) is 1.77. The fourth-order valence-electron chi connectivity index (χ4n) is 3.42. The van der Waals surface area contributed by atoms with Crippen LogP contribution in [0.15, 0.2) is 48.5 Å². The van der Waals surface area contributed by atoms with Gasteiger partial charge in [0.2, 0.25) is 5.91 Å². The highest BCUT2D eigenvalue weighted by molar-refractivity contribution is 6.03. The summed E-state index contributed by atoms with van der Waals surface area (Å²) in [5, 5.41) is 3.02. The number of rotatable bonds is 7. The molecule has 0 fully saturated rings. The van der Waals surface area contributed by atoms with Crippen molar-refractivity contribution in [3.63, 3.8) is 0 Å². The van der Waals surface area contributed by atoms with Gasteiger partial charge in [-0.3, -0.25) is 14.5 Å². The van der Waals surface area contributed by atoms with Crippen molar-refractivity contribution in [3.05, 3.63) is 59.7 Å². The standard InChI is InChI=1S/C23H28N2O3/c1-4-20-23(27)25(19-14-16(2)10-13-21(19)28-20)15-22(26)24-17(3)11-12-18-8-6-5-7-9-18/h5-10,13-14,17,20H,4,11-12,15H2,1-3H3,(H,24,26). The van der Waals surface area contributed by atoms with Crippen LogP contribution in [0.4, 0.5) is 5.69 Å². The number of carbonyl (C=O) groups is 2. The van der Waals surface area contributed by atoms with Crippen LogP contribution in [0.2, 0.25) is 0 Å². The van der Waals surface area contributed by atoms with Crippen molar-refractivity contribution in [1.29, 1.82) is 0 Å². The zero-order chi connectivity index (χ0) is 20.1. The Morgan fingerprint density at radius 3 is 2.68 bits per heavy atom. The highest BCUT2D eigenvalue weighted by atomic mass is 16.5. The zero-order valence-corrected chi connectivity index (χ0v) is 16.8. The van der Waals surface area contributed by atoms with E-state index in [9.17, 15) is 9.59 Å². The van der Waals surface area contributed by atoms with Crippen molar-refractivity contribution >= 4 is 17.5 Å². The van der Waals surface area contributed by atoms with E-state index >= 15 is 0 Å². The third-order valence-electron chi connectivity index (χ3n) is 5.00. The number of aryl methyl sites for hydroxylation is 2. The van der Waals surface area contributed by atoms with Crippen molar-refractivity contribution in [3.8, 4) is 5.75 Å². The Kier molecular flexibility index (Phi) is 6.34. The number of carbonyl (C=O) groups excluding carboxylic acids is 2. The summed E-state index contributed by atoms with van der Waals surface area (Å²) >= 11 is 0. The zero-order valence-electron chi connectivity index (χ0n) is 16.8. The molecule has 3 rings (SSSR count). The molecule has 1 aliphatic heterocycles. The molecule has 28 heavy (non-hydrogen) atoms. The fourth-order valence-corrected chi connectivity index (χ4v) is 3.42. The van der Waals surface area contributed by atoms with E-state index in [0.29, 0.717) is 17.9 Å². The van der Waals surface area contributed by atoms with Crippen LogP contribution in [-0.2, 0) is 16.0 Å². The summed E-state index contributed by atoms with van der Waals surface area (Å²) in [5.74, 6) is 0.341. The van der Waals surface area contributed by atoms with Crippen LogP contribution in [0.1, 0.15) is 37.8 Å². The van der Waals surface area contributed by atoms with E-state index < -0.39 is 6.10 Å². The summed E-state index contributed by atoms with van der Waals surface area (Å²) < 4.78 is 5.81. The van der Waals surface area contributed by atoms with E-state index in [4.69, 9.17) is 4.74 Å². The van der Waals surface area contributed by atoms with Gasteiger partial charge in [-0.05, 0) is 56.4 Å². The lowest BCUT2D eigenvalue weighted by atomic mass is 10.1. The van der Waals surface area contributed by atoms with E-state index in [1.165, 1.54) is 5.56 Å². The van der Waals surface area contributed by atoms with E-state index in [1.807, 2.05) is 57.2 Å². The SMILES string of the molecule is CCC1Oc2ccc(C)cc2N(CC(=O)NC(C)CCc2ccccc2)C1=O. The third-order valence-corrected chi connectivity index (χ3v) is 5.00. The van der Waals surface area contributed by atoms with Crippen LogP contribution in [0.25, 0.3) is 0 Å². The second kappa shape index (κ2) is 8.91. The second-order valence-electron chi connectivity index (χ2n) is 7.40. The molecule has 2 aromatic carbocycles. The lowest BCUT2D eigenvalue weighted by Gasteiger charge is -2.34. The quantitative estimate of drug-likeness (QED) is 0.798. The minimum atomic E-state index is -0.543. The molecule has 5 heteroatoms. The molecule has 1 N–H and O–H groups in total. The smallest absolute Gasteiger partial charge is 0.268 e. The van der Waals surface area contributed by atoms with E-state index in [1.54, 1.807) is 4.90 Å². The molecule has 2 aromatic rings. The number of amides is 2. The van der Waals surface area contributed by atoms with Gasteiger partial charge in [-0.25, -0.2) is 0 Å². The lowest BCUT2D eigenvalue weighted by molar-refractivity contribution is -0.129. The van der Waals surface area contributed by atoms with Gasteiger partial charge in [0, 0.05) is 6.04 Å². The minimum absolute atomic E-state index is 0.00479. The molecule has 0 aromatic heterocycles. The Morgan fingerprint density at radius 1 is 1.21 bits per heavy atom. The number of hydrogen-bond donors (Lipinski definition) is 1. The molecule has 0 saturated heterocycles. The molecule has 0 bridgehead atoms. The predicted octanol–water partition coefficient (Wildman–Crippen LogP) is 3.64. The summed E-state index contributed by atoms with van der Waals surface area (Å²) in [4.78, 5) is 27.0. The molecule has 0 aliphatic carbocycles. The fraction of sp³-hybridized carbons (Fsp3) is 0.391. The molecule has 148 valence electrons. The summed E-state index contributed by atoms with van der Waals surface area (Å²) in [7, 11) is 0. The first-order valence-electron chi connectivity index (χ1n) is 9.90. The van der Waals surface area contributed by atoms with Gasteiger partial charge in [0.05, 0.1) is 5.69 Å². The van der Waals surface area contributed by atoms with Crippen molar-refractivity contribution in [2.45, 2.75) is 52.2 Å². The van der Waals surface area contributed by atoms with Crippen molar-refractivity contribution in [2.24, 2.45) is 0 Å². The number of fused-ring (bicyclic) bond motifs is 1. The van der Waals surface area contributed by atoms with Crippen molar-refractivity contribution in [2.75, 3.05) is 11.4 Å². The Bertz CT molecular complexity index is 835. The van der Waals surface area contributed by atoms with Gasteiger partial charge in [0.15, 0.2) is 6.10 Å². The third kappa shape index (κ3) is 4.71. The van der Waals surface area contributed by atoms with Gasteiger partial charge >= 0.3 is 0 Å². The van der Waals surface area contributed by atoms with E-state index in [2.05, 4.69) is 17.4 Å². The first-order chi connectivity index (χ1) is 13.5. The topological polar surface area (TPSA) is 58.6 Å². The first-order valence-corrected chi connectivity index (χ1v) is 9.90. The molecule has 0 spiro atoms. The maximum Gasteiger partial charge on any atom is 0.268 e. The number of nitrogens with zero attached hydrogens (tertiary/aromatic N) is 1. The van der Waals surface area contributed by atoms with Gasteiger partial charge in [-0.1, -0.05) is 43.3 Å². The van der Waals surface area contributed by atoms with E-state index in [0.717, 1.165) is 18.4 Å². The maximum atomic E-state index is 12.8. The first kappa shape index (κ1) is 19.9. The Labute approximate surface area is 166 Å². The van der Waals surface area contributed by atoms with Gasteiger partial charge in [-0.2, -0.15) is 0 Å². The van der Waals surface area contributed by atoms with Crippen LogP contribution in [-0.4, -0.2) is 30.5 Å². The number of ether oxygens (including phenoxy) is 1. The molecule has 0 saturated carbocycles. The van der Waals surface area contributed by atoms with Gasteiger partial charge < -0.3 is 10.1 Å². The van der Waals surface area contributed by atoms with Gasteiger partial charge in [-0.15, -0.1) is 0 Å². The minimum Gasteiger partial charge on any atom is -0.478 e. The van der Waals surface area contributed by atoms with Gasteiger partial charge in [0.1, 0.15) is 12.3 Å². The monoisotopic (exact) mass is 380 g/mol. The average molecular weight is 380 g/mol. The van der Waals surface area contributed by atoms with Crippen LogP contribution < -0.4 is 15.0 Å². The number of anilines is 1. The summed E-state index contributed by atoms with van der Waals surface area (Å²) in [6.45, 7) is 5.87. The van der Waals surface area contributed by atoms with Crippen molar-refractivity contribution < 1.29 is 14.3 Å². The van der Waals surface area contributed by atoms with Crippen LogP contribution in [0, 0.1) is 6.92 Å².